The van der Waals surface area contributed by atoms with Crippen molar-refractivity contribution >= 4 is 11.9 Å². The molecule has 3 heterocycles. The summed E-state index contributed by atoms with van der Waals surface area (Å²) in [6.45, 7) is 1.10. The highest BCUT2D eigenvalue weighted by Gasteiger charge is 2.24. The normalized spacial score (nSPS) is 21.3. The lowest BCUT2D eigenvalue weighted by molar-refractivity contribution is 0.112. The molecule has 0 saturated carbocycles. The highest BCUT2D eigenvalue weighted by atomic mass is 16.1. The smallest absolute Gasteiger partial charge is 0.168 e. The zero-order chi connectivity index (χ0) is 12.5. The van der Waals surface area contributed by atoms with Crippen molar-refractivity contribution in [1.82, 2.24) is 19.5 Å². The van der Waals surface area contributed by atoms with Gasteiger partial charge in [0.25, 0.3) is 0 Å². The van der Waals surface area contributed by atoms with Gasteiger partial charge in [0, 0.05) is 11.8 Å². The van der Waals surface area contributed by atoms with Gasteiger partial charge in [-0.25, -0.2) is 9.50 Å². The van der Waals surface area contributed by atoms with Gasteiger partial charge in [0.05, 0.1) is 6.04 Å². The Morgan fingerprint density at radius 1 is 1.39 bits per heavy atom. The molecule has 0 amide bonds. The van der Waals surface area contributed by atoms with Gasteiger partial charge in [0.15, 0.2) is 17.8 Å². The van der Waals surface area contributed by atoms with E-state index in [1.54, 1.807) is 16.8 Å². The predicted octanol–water partition coefficient (Wildman–Crippen LogP) is 1.70. The Kier molecular flexibility index (Phi) is 2.83. The van der Waals surface area contributed by atoms with Crippen LogP contribution in [-0.4, -0.2) is 39.4 Å². The van der Waals surface area contributed by atoms with E-state index in [9.17, 15) is 4.79 Å². The number of nitrogens with zero attached hydrogens (tertiary/aromatic N) is 4. The maximum Gasteiger partial charge on any atom is 0.168 e. The van der Waals surface area contributed by atoms with E-state index in [0.717, 1.165) is 30.7 Å². The molecule has 5 heteroatoms. The Labute approximate surface area is 105 Å². The van der Waals surface area contributed by atoms with E-state index >= 15 is 0 Å². The van der Waals surface area contributed by atoms with Gasteiger partial charge < -0.3 is 0 Å². The van der Waals surface area contributed by atoms with Crippen LogP contribution < -0.4 is 0 Å². The molecule has 5 nitrogen and oxygen atoms in total. The molecule has 1 saturated heterocycles. The lowest BCUT2D eigenvalue weighted by Gasteiger charge is -2.30. The number of pyridine rings is 1. The molecule has 1 fully saturated rings. The van der Waals surface area contributed by atoms with Crippen molar-refractivity contribution in [1.29, 1.82) is 0 Å². The molecule has 0 bridgehead atoms. The number of piperidine rings is 1. The second-order valence-electron chi connectivity index (χ2n) is 4.85. The van der Waals surface area contributed by atoms with Crippen LogP contribution in [0.5, 0.6) is 0 Å². The molecule has 1 unspecified atom stereocenters. The molecule has 1 atom stereocenters. The average molecular weight is 244 g/mol. The monoisotopic (exact) mass is 244 g/mol. The van der Waals surface area contributed by atoms with E-state index in [4.69, 9.17) is 0 Å². The number of aromatic nitrogens is 3. The molecular formula is C13H16N4O. The van der Waals surface area contributed by atoms with Gasteiger partial charge in [-0.05, 0) is 38.6 Å². The fraction of sp³-hybridized carbons (Fsp3) is 0.462. The second-order valence-corrected chi connectivity index (χ2v) is 4.85. The van der Waals surface area contributed by atoms with E-state index in [1.807, 2.05) is 6.07 Å². The third-order valence-corrected chi connectivity index (χ3v) is 3.57. The summed E-state index contributed by atoms with van der Waals surface area (Å²) in [5.41, 5.74) is 1.42. The highest BCUT2D eigenvalue weighted by molar-refractivity contribution is 5.74. The number of likely N-dealkylation sites (tertiary alicyclic amines) is 1. The zero-order valence-corrected chi connectivity index (χ0v) is 10.4. The number of hydrogen-bond donors (Lipinski definition) is 0. The minimum atomic E-state index is 0.304. The van der Waals surface area contributed by atoms with Gasteiger partial charge in [0.1, 0.15) is 0 Å². The van der Waals surface area contributed by atoms with Crippen molar-refractivity contribution in [2.75, 3.05) is 13.6 Å². The summed E-state index contributed by atoms with van der Waals surface area (Å²) in [6.07, 6.45) is 6.13. The lowest BCUT2D eigenvalue weighted by Crippen LogP contribution is -2.30. The zero-order valence-electron chi connectivity index (χ0n) is 10.4. The maximum atomic E-state index is 10.7. The van der Waals surface area contributed by atoms with Gasteiger partial charge in [-0.1, -0.05) is 6.42 Å². The molecule has 1 aliphatic heterocycles. The molecular weight excluding hydrogens is 228 g/mol. The van der Waals surface area contributed by atoms with E-state index in [2.05, 4.69) is 22.0 Å². The molecule has 0 aliphatic carbocycles. The van der Waals surface area contributed by atoms with Crippen LogP contribution in [0.2, 0.25) is 0 Å². The number of carbonyl (C=O) groups is 1. The van der Waals surface area contributed by atoms with Crippen molar-refractivity contribution in [3.8, 4) is 0 Å². The Morgan fingerprint density at radius 3 is 3.06 bits per heavy atom. The van der Waals surface area contributed by atoms with E-state index in [0.29, 0.717) is 11.6 Å². The number of hydrogen-bond acceptors (Lipinski definition) is 4. The van der Waals surface area contributed by atoms with Gasteiger partial charge in [-0.15, -0.1) is 5.10 Å². The third-order valence-electron chi connectivity index (χ3n) is 3.57. The SMILES string of the molecule is CN1CCCCC1c1nc2ccc(C=O)cn2n1. The van der Waals surface area contributed by atoms with Crippen LogP contribution in [0, 0.1) is 0 Å². The number of fused-ring (bicyclic) bond motifs is 1. The molecule has 1 aliphatic rings. The number of aldehydes is 1. The second kappa shape index (κ2) is 4.49. The van der Waals surface area contributed by atoms with Crippen molar-refractivity contribution in [2.24, 2.45) is 0 Å². The van der Waals surface area contributed by atoms with Crippen molar-refractivity contribution < 1.29 is 4.79 Å². The lowest BCUT2D eigenvalue weighted by atomic mass is 10.0. The standard InChI is InChI=1S/C13H16N4O/c1-16-7-3-2-4-11(16)13-14-12-6-5-10(9-18)8-17(12)15-13/h5-6,8-9,11H,2-4,7H2,1H3. The first kappa shape index (κ1) is 11.3. The van der Waals surface area contributed by atoms with Gasteiger partial charge in [-0.2, -0.15) is 0 Å². The predicted molar refractivity (Wildman–Crippen MR) is 67.6 cm³/mol. The van der Waals surface area contributed by atoms with E-state index in [-0.39, 0.29) is 0 Å². The average Bonchev–Trinajstić information content (AvgIpc) is 2.81. The summed E-state index contributed by atoms with van der Waals surface area (Å²) in [6, 6.07) is 3.91. The molecule has 2 aromatic rings. The number of carbonyl (C=O) groups excluding carboxylic acids is 1. The number of rotatable bonds is 2. The van der Waals surface area contributed by atoms with Crippen molar-refractivity contribution in [2.45, 2.75) is 25.3 Å². The van der Waals surface area contributed by atoms with Crippen LogP contribution in [0.25, 0.3) is 5.65 Å². The minimum Gasteiger partial charge on any atom is -0.298 e. The molecule has 0 aromatic carbocycles. The Balaban J connectivity index is 1.99. The first-order chi connectivity index (χ1) is 8.78. The minimum absolute atomic E-state index is 0.304. The molecule has 2 aromatic heterocycles. The summed E-state index contributed by atoms with van der Waals surface area (Å²) in [7, 11) is 2.12. The summed E-state index contributed by atoms with van der Waals surface area (Å²) in [5.74, 6) is 0.861. The van der Waals surface area contributed by atoms with Gasteiger partial charge in [0.2, 0.25) is 0 Å². The van der Waals surface area contributed by atoms with Gasteiger partial charge in [-0.3, -0.25) is 9.69 Å². The fourth-order valence-corrected chi connectivity index (χ4v) is 2.53. The van der Waals surface area contributed by atoms with Crippen LogP contribution >= 0.6 is 0 Å². The van der Waals surface area contributed by atoms with Crippen LogP contribution in [-0.2, 0) is 0 Å². The quantitative estimate of drug-likeness (QED) is 0.754. The topological polar surface area (TPSA) is 50.5 Å². The molecule has 0 radical (unpaired) electrons. The van der Waals surface area contributed by atoms with Crippen LogP contribution in [0.1, 0.15) is 41.5 Å². The molecule has 94 valence electrons. The molecule has 3 rings (SSSR count). The third kappa shape index (κ3) is 1.90. The van der Waals surface area contributed by atoms with Crippen molar-refractivity contribution in [3.63, 3.8) is 0 Å². The van der Waals surface area contributed by atoms with Crippen LogP contribution in [0.15, 0.2) is 18.3 Å². The first-order valence-corrected chi connectivity index (χ1v) is 6.29. The Hall–Kier alpha value is -1.75. The van der Waals surface area contributed by atoms with Gasteiger partial charge >= 0.3 is 0 Å². The van der Waals surface area contributed by atoms with Crippen LogP contribution in [0.3, 0.4) is 0 Å². The first-order valence-electron chi connectivity index (χ1n) is 6.29. The molecule has 0 spiro atoms. The Morgan fingerprint density at radius 2 is 2.28 bits per heavy atom. The summed E-state index contributed by atoms with van der Waals surface area (Å²) in [4.78, 5) is 17.6. The Bertz CT molecular complexity index is 577. The van der Waals surface area contributed by atoms with Crippen LogP contribution in [0.4, 0.5) is 0 Å². The maximum absolute atomic E-state index is 10.7. The van der Waals surface area contributed by atoms with E-state index < -0.39 is 0 Å². The van der Waals surface area contributed by atoms with Crippen molar-refractivity contribution in [3.05, 3.63) is 29.7 Å². The fourth-order valence-electron chi connectivity index (χ4n) is 2.53. The summed E-state index contributed by atoms with van der Waals surface area (Å²) < 4.78 is 1.70. The summed E-state index contributed by atoms with van der Waals surface area (Å²) in [5, 5.41) is 4.50. The highest BCUT2D eigenvalue weighted by Crippen LogP contribution is 2.27. The largest absolute Gasteiger partial charge is 0.298 e. The summed E-state index contributed by atoms with van der Waals surface area (Å²) >= 11 is 0. The molecule has 0 N–H and O–H groups in total. The van der Waals surface area contributed by atoms with E-state index in [1.165, 1.54) is 12.8 Å². The molecule has 18 heavy (non-hydrogen) atoms.